The molecular formula is C25H30OSi2. The van der Waals surface area contributed by atoms with Crippen LogP contribution in [0.5, 0.6) is 0 Å². The van der Waals surface area contributed by atoms with Gasteiger partial charge in [-0.15, -0.1) is 0 Å². The van der Waals surface area contributed by atoms with Gasteiger partial charge in [0.2, 0.25) is 0 Å². The molecule has 0 saturated carbocycles. The molecule has 0 fully saturated rings. The summed E-state index contributed by atoms with van der Waals surface area (Å²) >= 11 is 0. The molecule has 0 saturated heterocycles. The second-order valence-corrected chi connectivity index (χ2v) is 20.7. The van der Waals surface area contributed by atoms with Crippen molar-refractivity contribution in [1.29, 1.82) is 0 Å². The van der Waals surface area contributed by atoms with Crippen LogP contribution in [-0.2, 0) is 18.3 Å². The Morgan fingerprint density at radius 3 is 1.43 bits per heavy atom. The fraction of sp³-hybridized carbons (Fsp3) is 0.360. The largest absolute Gasteiger partial charge is 0.476 e. The van der Waals surface area contributed by atoms with Crippen molar-refractivity contribution in [2.45, 2.75) is 57.5 Å². The topological polar surface area (TPSA) is 13.1 Å². The zero-order chi connectivity index (χ0) is 19.9. The summed E-state index contributed by atoms with van der Waals surface area (Å²) in [7, 11) is -3.09. The van der Waals surface area contributed by atoms with Crippen molar-refractivity contribution in [3.63, 3.8) is 0 Å². The predicted octanol–water partition coefficient (Wildman–Crippen LogP) is 5.44. The van der Waals surface area contributed by atoms with Crippen LogP contribution in [0.15, 0.2) is 52.9 Å². The van der Waals surface area contributed by atoms with Crippen molar-refractivity contribution in [3.05, 3.63) is 70.8 Å². The molecular weight excluding hydrogens is 372 g/mol. The van der Waals surface area contributed by atoms with Gasteiger partial charge in [0.15, 0.2) is 0 Å². The van der Waals surface area contributed by atoms with E-state index >= 15 is 0 Å². The minimum Gasteiger partial charge on any atom is -0.476 e. The highest BCUT2D eigenvalue weighted by Crippen LogP contribution is 2.55. The number of hydrogen-bond donors (Lipinski definition) is 0. The minimum atomic E-state index is -1.54. The van der Waals surface area contributed by atoms with Gasteiger partial charge in [0, 0.05) is 5.41 Å². The standard InChI is InChI=1S/C25H30OSi2/c1-27(2,3)23-19-15-25(16-20(19)24(26-23)28(4,5)6)21-13-9-7-11-17(21)18-12-8-10-14-22(18)25/h7-14H,15-16H2,1-6H3. The van der Waals surface area contributed by atoms with E-state index < -0.39 is 16.1 Å². The summed E-state index contributed by atoms with van der Waals surface area (Å²) in [6, 6.07) is 18.2. The molecule has 3 heteroatoms. The molecule has 0 radical (unpaired) electrons. The summed E-state index contributed by atoms with van der Waals surface area (Å²) in [6.07, 6.45) is 2.20. The van der Waals surface area contributed by atoms with E-state index in [2.05, 4.69) is 87.8 Å². The van der Waals surface area contributed by atoms with Gasteiger partial charge in [0.1, 0.15) is 16.1 Å². The molecule has 0 unspecified atom stereocenters. The maximum Gasteiger partial charge on any atom is 0.123 e. The molecule has 0 aliphatic heterocycles. The van der Waals surface area contributed by atoms with Gasteiger partial charge >= 0.3 is 0 Å². The number of hydrogen-bond acceptors (Lipinski definition) is 1. The van der Waals surface area contributed by atoms with Crippen LogP contribution in [0.2, 0.25) is 39.3 Å². The Kier molecular flexibility index (Phi) is 3.65. The van der Waals surface area contributed by atoms with E-state index in [0.29, 0.717) is 0 Å². The van der Waals surface area contributed by atoms with Gasteiger partial charge in [-0.3, -0.25) is 0 Å². The van der Waals surface area contributed by atoms with E-state index in [9.17, 15) is 0 Å². The maximum atomic E-state index is 6.72. The lowest BCUT2D eigenvalue weighted by Crippen LogP contribution is -2.43. The highest BCUT2D eigenvalue weighted by atomic mass is 28.3. The Bertz CT molecular complexity index is 1010. The Labute approximate surface area is 170 Å². The number of fused-ring (bicyclic) bond motifs is 6. The monoisotopic (exact) mass is 402 g/mol. The van der Waals surface area contributed by atoms with Crippen molar-refractivity contribution in [2.75, 3.05) is 0 Å². The molecule has 1 nitrogen and oxygen atoms in total. The van der Waals surface area contributed by atoms with E-state index in [1.807, 2.05) is 0 Å². The third-order valence-corrected chi connectivity index (χ3v) is 10.1. The van der Waals surface area contributed by atoms with Crippen LogP contribution >= 0.6 is 0 Å². The average Bonchev–Trinajstić information content (AvgIpc) is 3.24. The number of benzene rings is 2. The van der Waals surface area contributed by atoms with Crippen LogP contribution in [0.1, 0.15) is 22.3 Å². The second-order valence-electron chi connectivity index (χ2n) is 10.7. The number of furan rings is 1. The first-order valence-electron chi connectivity index (χ1n) is 10.5. The molecule has 0 atom stereocenters. The van der Waals surface area contributed by atoms with Crippen LogP contribution in [0, 0.1) is 0 Å². The van der Waals surface area contributed by atoms with Crippen molar-refractivity contribution >= 4 is 26.9 Å². The average molecular weight is 403 g/mol. The molecule has 1 heterocycles. The predicted molar refractivity (Wildman–Crippen MR) is 125 cm³/mol. The molecule has 0 N–H and O–H groups in total. The zero-order valence-electron chi connectivity index (χ0n) is 17.9. The first-order valence-corrected chi connectivity index (χ1v) is 17.5. The van der Waals surface area contributed by atoms with Crippen molar-refractivity contribution < 1.29 is 4.42 Å². The molecule has 144 valence electrons. The summed E-state index contributed by atoms with van der Waals surface area (Å²) in [6.45, 7) is 14.6. The molecule has 28 heavy (non-hydrogen) atoms. The molecule has 0 bridgehead atoms. The van der Waals surface area contributed by atoms with Crippen LogP contribution in [-0.4, -0.2) is 16.1 Å². The van der Waals surface area contributed by atoms with E-state index in [-0.39, 0.29) is 5.41 Å². The van der Waals surface area contributed by atoms with Crippen molar-refractivity contribution in [1.82, 2.24) is 0 Å². The lowest BCUT2D eigenvalue weighted by atomic mass is 9.76. The molecule has 1 aromatic heterocycles. The summed E-state index contributed by atoms with van der Waals surface area (Å²) < 4.78 is 6.72. The fourth-order valence-corrected chi connectivity index (χ4v) is 8.76. The van der Waals surface area contributed by atoms with Gasteiger partial charge in [0.05, 0.1) is 10.8 Å². The molecule has 2 aromatic carbocycles. The molecule has 0 amide bonds. The van der Waals surface area contributed by atoms with Crippen molar-refractivity contribution in [3.8, 4) is 11.1 Å². The summed E-state index contributed by atoms with van der Waals surface area (Å²) in [4.78, 5) is 0. The summed E-state index contributed by atoms with van der Waals surface area (Å²) in [5, 5.41) is 2.72. The van der Waals surface area contributed by atoms with Crippen molar-refractivity contribution in [2.24, 2.45) is 0 Å². The Hall–Kier alpha value is -1.85. The van der Waals surface area contributed by atoms with E-state index in [0.717, 1.165) is 12.8 Å². The molecule has 1 spiro atoms. The molecule has 5 rings (SSSR count). The third-order valence-electron chi connectivity index (χ3n) is 6.61. The Balaban J connectivity index is 1.78. The smallest absolute Gasteiger partial charge is 0.123 e. The Morgan fingerprint density at radius 2 is 1.04 bits per heavy atom. The quantitative estimate of drug-likeness (QED) is 0.521. The zero-order valence-corrected chi connectivity index (χ0v) is 19.9. The first kappa shape index (κ1) is 18.2. The maximum absolute atomic E-state index is 6.72. The van der Waals surface area contributed by atoms with Crippen LogP contribution in [0.3, 0.4) is 0 Å². The summed E-state index contributed by atoms with van der Waals surface area (Å²) in [5.74, 6) is 0. The lowest BCUT2D eigenvalue weighted by molar-refractivity contribution is 0.542. The van der Waals surface area contributed by atoms with E-state index in [1.165, 1.54) is 33.0 Å². The lowest BCUT2D eigenvalue weighted by Gasteiger charge is -2.28. The van der Waals surface area contributed by atoms with Gasteiger partial charge < -0.3 is 4.42 Å². The fourth-order valence-electron chi connectivity index (χ4n) is 5.55. The van der Waals surface area contributed by atoms with Gasteiger partial charge in [-0.1, -0.05) is 87.8 Å². The molecule has 3 aromatic rings. The number of rotatable bonds is 2. The van der Waals surface area contributed by atoms with E-state index in [1.54, 1.807) is 11.1 Å². The van der Waals surface area contributed by atoms with Gasteiger partial charge in [-0.2, -0.15) is 0 Å². The van der Waals surface area contributed by atoms with Gasteiger partial charge in [-0.25, -0.2) is 0 Å². The highest BCUT2D eigenvalue weighted by Gasteiger charge is 2.51. The van der Waals surface area contributed by atoms with Crippen LogP contribution < -0.4 is 10.8 Å². The highest BCUT2D eigenvalue weighted by molar-refractivity contribution is 6.90. The molecule has 2 aliphatic carbocycles. The minimum absolute atomic E-state index is 0.0947. The van der Waals surface area contributed by atoms with E-state index in [4.69, 9.17) is 4.42 Å². The second kappa shape index (κ2) is 5.61. The SMILES string of the molecule is C[Si](C)(C)c1oc([Si](C)(C)C)c2c1CC1(C2)c2ccccc2-c2ccccc21. The molecule has 2 aliphatic rings. The normalized spacial score (nSPS) is 16.9. The van der Waals surface area contributed by atoms with Gasteiger partial charge in [0.25, 0.3) is 0 Å². The Morgan fingerprint density at radius 1 is 0.643 bits per heavy atom. The van der Waals surface area contributed by atoms with Crippen LogP contribution in [0.4, 0.5) is 0 Å². The summed E-state index contributed by atoms with van der Waals surface area (Å²) in [5.41, 5.74) is 9.13. The third kappa shape index (κ3) is 2.35. The van der Waals surface area contributed by atoms with Crippen LogP contribution in [0.25, 0.3) is 11.1 Å². The first-order chi connectivity index (χ1) is 13.1. The van der Waals surface area contributed by atoms with Gasteiger partial charge in [-0.05, 0) is 46.2 Å².